The molecular weight excluding hydrogens is 568 g/mol. The number of hydrogen-bond donors (Lipinski definition) is 2. The zero-order chi connectivity index (χ0) is 22.1. The molecule has 0 fully saturated rings. The third-order valence-corrected chi connectivity index (χ3v) is 5.90. The van der Waals surface area contributed by atoms with E-state index in [-0.39, 0.29) is 5.11 Å². The third-order valence-electron chi connectivity index (χ3n) is 4.38. The zero-order valence-electron chi connectivity index (χ0n) is 16.0. The van der Waals surface area contributed by atoms with Gasteiger partial charge in [-0.2, -0.15) is 4.80 Å². The van der Waals surface area contributed by atoms with Crippen LogP contribution in [-0.2, 0) is 0 Å². The number of fused-ring (bicyclic) bond motifs is 1. The summed E-state index contributed by atoms with van der Waals surface area (Å²) in [6.07, 6.45) is 0. The Morgan fingerprint density at radius 3 is 2.39 bits per heavy atom. The second-order valence-electron chi connectivity index (χ2n) is 6.68. The van der Waals surface area contributed by atoms with Crippen LogP contribution in [0, 0.1) is 10.5 Å². The molecule has 0 radical (unpaired) electrons. The highest BCUT2D eigenvalue weighted by Crippen LogP contribution is 2.27. The van der Waals surface area contributed by atoms with E-state index in [0.29, 0.717) is 32.3 Å². The maximum absolute atomic E-state index is 12.5. The van der Waals surface area contributed by atoms with Crippen molar-refractivity contribution in [3.8, 4) is 5.69 Å². The minimum Gasteiger partial charge on any atom is -0.331 e. The van der Waals surface area contributed by atoms with E-state index in [1.165, 1.54) is 0 Å². The van der Waals surface area contributed by atoms with Gasteiger partial charge >= 0.3 is 0 Å². The molecule has 6 nitrogen and oxygen atoms in total. The number of nitrogens with one attached hydrogen (secondary N) is 2. The molecule has 4 rings (SSSR count). The summed E-state index contributed by atoms with van der Waals surface area (Å²) < 4.78 is 0.885. The molecule has 0 aliphatic rings. The maximum Gasteiger partial charge on any atom is 0.258 e. The lowest BCUT2D eigenvalue weighted by atomic mass is 10.2. The molecule has 0 aliphatic carbocycles. The van der Waals surface area contributed by atoms with Gasteiger partial charge in [-0.25, -0.2) is 0 Å². The van der Waals surface area contributed by atoms with Crippen molar-refractivity contribution in [1.82, 2.24) is 20.3 Å². The van der Waals surface area contributed by atoms with Gasteiger partial charge in [-0.3, -0.25) is 10.1 Å². The van der Waals surface area contributed by atoms with Gasteiger partial charge in [0.05, 0.1) is 27.0 Å². The van der Waals surface area contributed by atoms with Crippen molar-refractivity contribution < 1.29 is 4.79 Å². The van der Waals surface area contributed by atoms with Crippen molar-refractivity contribution in [1.29, 1.82) is 0 Å². The second kappa shape index (κ2) is 9.07. The number of carbonyl (C=O) groups is 1. The molecule has 31 heavy (non-hydrogen) atoms. The molecular formula is C21H14Cl2IN5OS. The first-order chi connectivity index (χ1) is 14.8. The molecule has 0 unspecified atom stereocenters. The number of thiocarbonyl (C=S) groups is 1. The van der Waals surface area contributed by atoms with E-state index in [1.54, 1.807) is 29.1 Å². The molecule has 1 aromatic heterocycles. The van der Waals surface area contributed by atoms with Crippen molar-refractivity contribution in [2.24, 2.45) is 0 Å². The van der Waals surface area contributed by atoms with Crippen molar-refractivity contribution in [2.75, 3.05) is 5.32 Å². The molecule has 0 spiro atoms. The van der Waals surface area contributed by atoms with Gasteiger partial charge in [-0.1, -0.05) is 40.9 Å². The number of anilines is 1. The summed E-state index contributed by atoms with van der Waals surface area (Å²) in [6, 6.07) is 16.4. The smallest absolute Gasteiger partial charge is 0.258 e. The van der Waals surface area contributed by atoms with Crippen LogP contribution in [0.5, 0.6) is 0 Å². The first-order valence-corrected chi connectivity index (χ1v) is 11.3. The molecule has 0 saturated carbocycles. The SMILES string of the molecule is Cc1ccc(-n2nc3cc(Cl)c(NC(=S)NC(=O)c4cc(I)ccc4Cl)cc3n2)cc1. The maximum atomic E-state index is 12.5. The van der Waals surface area contributed by atoms with Gasteiger partial charge in [0.15, 0.2) is 5.11 Å². The lowest BCUT2D eigenvalue weighted by Crippen LogP contribution is -2.34. The number of benzene rings is 3. The fourth-order valence-corrected chi connectivity index (χ4v) is 3.93. The minimum absolute atomic E-state index is 0.0899. The Hall–Kier alpha value is -2.27. The Balaban J connectivity index is 1.54. The van der Waals surface area contributed by atoms with E-state index in [9.17, 15) is 4.79 Å². The van der Waals surface area contributed by atoms with Crippen LogP contribution >= 0.6 is 58.0 Å². The van der Waals surface area contributed by atoms with E-state index < -0.39 is 5.91 Å². The molecule has 3 aromatic carbocycles. The van der Waals surface area contributed by atoms with Gasteiger partial charge in [-0.05, 0) is 84.2 Å². The number of aryl methyl sites for hydroxylation is 1. The van der Waals surface area contributed by atoms with E-state index in [1.807, 2.05) is 37.3 Å². The second-order valence-corrected chi connectivity index (χ2v) is 9.15. The van der Waals surface area contributed by atoms with Gasteiger partial charge in [0, 0.05) is 3.57 Å². The van der Waals surface area contributed by atoms with Crippen molar-refractivity contribution in [3.63, 3.8) is 0 Å². The Bertz CT molecular complexity index is 1320. The van der Waals surface area contributed by atoms with E-state index in [2.05, 4.69) is 43.4 Å². The lowest BCUT2D eigenvalue weighted by Gasteiger charge is -2.11. The molecule has 1 heterocycles. The molecule has 0 aliphatic heterocycles. The molecule has 0 atom stereocenters. The van der Waals surface area contributed by atoms with Crippen LogP contribution in [0.25, 0.3) is 16.7 Å². The Morgan fingerprint density at radius 2 is 1.68 bits per heavy atom. The van der Waals surface area contributed by atoms with Crippen LogP contribution in [0.4, 0.5) is 5.69 Å². The monoisotopic (exact) mass is 581 g/mol. The van der Waals surface area contributed by atoms with Crippen molar-refractivity contribution in [2.45, 2.75) is 6.92 Å². The summed E-state index contributed by atoms with van der Waals surface area (Å²) in [6.45, 7) is 2.02. The average molecular weight is 582 g/mol. The van der Waals surface area contributed by atoms with Crippen molar-refractivity contribution >= 4 is 85.8 Å². The number of rotatable bonds is 3. The number of aromatic nitrogens is 3. The highest BCUT2D eigenvalue weighted by atomic mass is 127. The average Bonchev–Trinajstić information content (AvgIpc) is 3.13. The standard InChI is InChI=1S/C21H14Cl2IN5OS/c1-11-2-5-13(6-3-11)29-27-18-9-16(23)17(10-19(18)28-29)25-21(31)26-20(30)14-8-12(24)4-7-15(14)22/h2-10H,1H3,(H2,25,26,30,31). The molecule has 4 aromatic rings. The normalized spacial score (nSPS) is 10.8. The zero-order valence-corrected chi connectivity index (χ0v) is 20.5. The predicted octanol–water partition coefficient (Wildman–Crippen LogP) is 5.77. The number of carbonyl (C=O) groups excluding carboxylic acids is 1. The molecule has 0 bridgehead atoms. The van der Waals surface area contributed by atoms with E-state index >= 15 is 0 Å². The number of nitrogens with zero attached hydrogens (tertiary/aromatic N) is 3. The third kappa shape index (κ3) is 4.98. The highest BCUT2D eigenvalue weighted by molar-refractivity contribution is 14.1. The Labute approximate surface area is 207 Å². The van der Waals surface area contributed by atoms with Crippen LogP contribution in [0.1, 0.15) is 15.9 Å². The van der Waals surface area contributed by atoms with Gasteiger partial charge < -0.3 is 5.32 Å². The summed E-state index contributed by atoms with van der Waals surface area (Å²) in [7, 11) is 0. The fourth-order valence-electron chi connectivity index (χ4n) is 2.82. The van der Waals surface area contributed by atoms with Crippen LogP contribution in [0.2, 0.25) is 10.0 Å². The fraction of sp³-hybridized carbons (Fsp3) is 0.0476. The molecule has 0 saturated heterocycles. The summed E-state index contributed by atoms with van der Waals surface area (Å²) in [5.41, 5.74) is 4.09. The van der Waals surface area contributed by atoms with Gasteiger partial charge in [0.2, 0.25) is 0 Å². The molecule has 1 amide bonds. The van der Waals surface area contributed by atoms with Crippen LogP contribution < -0.4 is 10.6 Å². The summed E-state index contributed by atoms with van der Waals surface area (Å²) in [5.74, 6) is -0.413. The van der Waals surface area contributed by atoms with Crippen LogP contribution in [0.15, 0.2) is 54.6 Å². The van der Waals surface area contributed by atoms with Crippen molar-refractivity contribution in [3.05, 3.63) is 79.3 Å². The summed E-state index contributed by atoms with van der Waals surface area (Å²) in [5, 5.41) is 15.4. The predicted molar refractivity (Wildman–Crippen MR) is 136 cm³/mol. The van der Waals surface area contributed by atoms with E-state index in [0.717, 1.165) is 14.8 Å². The lowest BCUT2D eigenvalue weighted by molar-refractivity contribution is 0.0978. The topological polar surface area (TPSA) is 71.8 Å². The van der Waals surface area contributed by atoms with Crippen LogP contribution in [0.3, 0.4) is 0 Å². The number of halogens is 3. The number of amides is 1. The first-order valence-electron chi connectivity index (χ1n) is 9.01. The Kier molecular flexibility index (Phi) is 6.42. The largest absolute Gasteiger partial charge is 0.331 e. The van der Waals surface area contributed by atoms with Crippen LogP contribution in [-0.4, -0.2) is 26.0 Å². The Morgan fingerprint density at radius 1 is 1.00 bits per heavy atom. The molecule has 10 heteroatoms. The minimum atomic E-state index is -0.413. The molecule has 156 valence electrons. The summed E-state index contributed by atoms with van der Waals surface area (Å²) >= 11 is 19.9. The number of hydrogen-bond acceptors (Lipinski definition) is 4. The highest BCUT2D eigenvalue weighted by Gasteiger charge is 2.15. The van der Waals surface area contributed by atoms with E-state index in [4.69, 9.17) is 35.4 Å². The molecule has 2 N–H and O–H groups in total. The van der Waals surface area contributed by atoms with Gasteiger partial charge in [0.1, 0.15) is 11.0 Å². The van der Waals surface area contributed by atoms with Gasteiger partial charge in [-0.15, -0.1) is 10.2 Å². The summed E-state index contributed by atoms with van der Waals surface area (Å²) in [4.78, 5) is 14.1. The first kappa shape index (κ1) is 21.9. The quantitative estimate of drug-likeness (QED) is 0.237. The van der Waals surface area contributed by atoms with Gasteiger partial charge in [0.25, 0.3) is 5.91 Å².